The van der Waals surface area contributed by atoms with Gasteiger partial charge < -0.3 is 14.8 Å². The number of ether oxygens (including phenoxy) is 2. The fourth-order valence-electron chi connectivity index (χ4n) is 2.02. The molecular formula is C17H23NO2S. The van der Waals surface area contributed by atoms with Gasteiger partial charge in [0.15, 0.2) is 0 Å². The molecular weight excluding hydrogens is 282 g/mol. The van der Waals surface area contributed by atoms with E-state index in [4.69, 9.17) is 9.47 Å². The summed E-state index contributed by atoms with van der Waals surface area (Å²) in [6.07, 6.45) is 1.10. The summed E-state index contributed by atoms with van der Waals surface area (Å²) in [5.74, 6) is 0.888. The van der Waals surface area contributed by atoms with Gasteiger partial charge >= 0.3 is 0 Å². The molecule has 1 heterocycles. The smallest absolute Gasteiger partial charge is 0.142 e. The standard InChI is InChI=1S/C17H23NO2S/c1-4-14-6-7-15(21-14)12-18-16-8-5-13(2)11-17(16)20-10-9-19-3/h5-8,11,18H,4,9-10,12H2,1-3H3. The Bertz CT molecular complexity index is 566. The van der Waals surface area contributed by atoms with Crippen molar-refractivity contribution in [3.05, 3.63) is 45.6 Å². The van der Waals surface area contributed by atoms with Crippen LogP contribution < -0.4 is 10.1 Å². The largest absolute Gasteiger partial charge is 0.489 e. The highest BCUT2D eigenvalue weighted by Crippen LogP contribution is 2.27. The van der Waals surface area contributed by atoms with Crippen LogP contribution in [-0.4, -0.2) is 20.3 Å². The molecule has 4 heteroatoms. The third-order valence-corrected chi connectivity index (χ3v) is 4.43. The van der Waals surface area contributed by atoms with Crippen LogP contribution in [0, 0.1) is 6.92 Å². The van der Waals surface area contributed by atoms with Crippen molar-refractivity contribution in [2.24, 2.45) is 0 Å². The Morgan fingerprint density at radius 2 is 1.90 bits per heavy atom. The lowest BCUT2D eigenvalue weighted by Crippen LogP contribution is -2.07. The Hall–Kier alpha value is -1.52. The number of aryl methyl sites for hydroxylation is 2. The summed E-state index contributed by atoms with van der Waals surface area (Å²) in [5.41, 5.74) is 2.22. The van der Waals surface area contributed by atoms with Crippen molar-refractivity contribution in [1.82, 2.24) is 0 Å². The Morgan fingerprint density at radius 3 is 2.62 bits per heavy atom. The van der Waals surface area contributed by atoms with E-state index in [2.05, 4.69) is 49.5 Å². The summed E-state index contributed by atoms with van der Waals surface area (Å²) in [6.45, 7) is 6.24. The molecule has 21 heavy (non-hydrogen) atoms. The van der Waals surface area contributed by atoms with Crippen LogP contribution in [0.1, 0.15) is 22.2 Å². The maximum Gasteiger partial charge on any atom is 0.142 e. The number of hydrogen-bond acceptors (Lipinski definition) is 4. The zero-order valence-corrected chi connectivity index (χ0v) is 13.8. The van der Waals surface area contributed by atoms with Gasteiger partial charge in [-0.15, -0.1) is 11.3 Å². The lowest BCUT2D eigenvalue weighted by molar-refractivity contribution is 0.146. The molecule has 0 aliphatic rings. The third-order valence-electron chi connectivity index (χ3n) is 3.20. The first-order valence-corrected chi connectivity index (χ1v) is 8.08. The van der Waals surface area contributed by atoms with E-state index in [0.717, 1.165) is 24.4 Å². The van der Waals surface area contributed by atoms with Gasteiger partial charge in [-0.1, -0.05) is 13.0 Å². The van der Waals surface area contributed by atoms with Crippen molar-refractivity contribution >= 4 is 17.0 Å². The van der Waals surface area contributed by atoms with Crippen LogP contribution in [0.15, 0.2) is 30.3 Å². The van der Waals surface area contributed by atoms with Crippen LogP contribution in [0.3, 0.4) is 0 Å². The van der Waals surface area contributed by atoms with E-state index in [1.807, 2.05) is 11.3 Å². The fourth-order valence-corrected chi connectivity index (χ4v) is 2.92. The van der Waals surface area contributed by atoms with E-state index in [1.165, 1.54) is 15.3 Å². The normalized spacial score (nSPS) is 10.6. The van der Waals surface area contributed by atoms with Gasteiger partial charge in [-0.3, -0.25) is 0 Å². The number of rotatable bonds is 8. The molecule has 1 aromatic carbocycles. The van der Waals surface area contributed by atoms with Crippen molar-refractivity contribution in [2.45, 2.75) is 26.8 Å². The average Bonchev–Trinajstić information content (AvgIpc) is 2.95. The van der Waals surface area contributed by atoms with E-state index in [9.17, 15) is 0 Å². The lowest BCUT2D eigenvalue weighted by Gasteiger charge is -2.13. The monoisotopic (exact) mass is 305 g/mol. The molecule has 1 aromatic heterocycles. The van der Waals surface area contributed by atoms with Crippen molar-refractivity contribution in [1.29, 1.82) is 0 Å². The second kappa shape index (κ2) is 8.05. The molecule has 0 bridgehead atoms. The Balaban J connectivity index is 2.00. The number of hydrogen-bond donors (Lipinski definition) is 1. The van der Waals surface area contributed by atoms with Gasteiger partial charge in [0, 0.05) is 23.4 Å². The SMILES string of the molecule is CCc1ccc(CNc2ccc(C)cc2OCCOC)s1. The topological polar surface area (TPSA) is 30.5 Å². The molecule has 0 atom stereocenters. The average molecular weight is 305 g/mol. The van der Waals surface area contributed by atoms with Crippen LogP contribution in [0.5, 0.6) is 5.75 Å². The second-order valence-corrected chi connectivity index (χ2v) is 6.17. The summed E-state index contributed by atoms with van der Waals surface area (Å²) in [5, 5.41) is 3.47. The number of thiophene rings is 1. The molecule has 2 rings (SSSR count). The van der Waals surface area contributed by atoms with Crippen LogP contribution >= 0.6 is 11.3 Å². The first-order valence-electron chi connectivity index (χ1n) is 7.26. The van der Waals surface area contributed by atoms with Crippen molar-refractivity contribution < 1.29 is 9.47 Å². The highest BCUT2D eigenvalue weighted by atomic mass is 32.1. The summed E-state index contributed by atoms with van der Waals surface area (Å²) in [7, 11) is 1.68. The highest BCUT2D eigenvalue weighted by molar-refractivity contribution is 7.12. The molecule has 114 valence electrons. The number of nitrogens with one attached hydrogen (secondary N) is 1. The second-order valence-electron chi connectivity index (χ2n) is 4.92. The fraction of sp³-hybridized carbons (Fsp3) is 0.412. The Morgan fingerprint density at radius 1 is 1.10 bits per heavy atom. The molecule has 0 amide bonds. The zero-order chi connectivity index (χ0) is 15.1. The van der Waals surface area contributed by atoms with Crippen LogP contribution in [0.25, 0.3) is 0 Å². The highest BCUT2D eigenvalue weighted by Gasteiger charge is 2.05. The number of methoxy groups -OCH3 is 1. The summed E-state index contributed by atoms with van der Waals surface area (Å²) >= 11 is 1.86. The molecule has 0 fully saturated rings. The summed E-state index contributed by atoms with van der Waals surface area (Å²) in [6, 6.07) is 10.6. The van der Waals surface area contributed by atoms with Crippen molar-refractivity contribution in [3.63, 3.8) is 0 Å². The van der Waals surface area contributed by atoms with Crippen LogP contribution in [0.4, 0.5) is 5.69 Å². The third kappa shape index (κ3) is 4.76. The van der Waals surface area contributed by atoms with Crippen LogP contribution in [-0.2, 0) is 17.7 Å². The molecule has 0 unspecified atom stereocenters. The maximum absolute atomic E-state index is 5.79. The van der Waals surface area contributed by atoms with E-state index in [-0.39, 0.29) is 0 Å². The molecule has 3 nitrogen and oxygen atoms in total. The quantitative estimate of drug-likeness (QED) is 0.739. The van der Waals surface area contributed by atoms with Gasteiger partial charge in [0.05, 0.1) is 12.3 Å². The molecule has 0 saturated carbocycles. The van der Waals surface area contributed by atoms with E-state index in [1.54, 1.807) is 7.11 Å². The lowest BCUT2D eigenvalue weighted by atomic mass is 10.2. The maximum atomic E-state index is 5.79. The van der Waals surface area contributed by atoms with E-state index >= 15 is 0 Å². The minimum Gasteiger partial charge on any atom is -0.489 e. The van der Waals surface area contributed by atoms with E-state index < -0.39 is 0 Å². The first-order chi connectivity index (χ1) is 10.2. The Kier molecular flexibility index (Phi) is 6.08. The predicted molar refractivity (Wildman–Crippen MR) is 89.6 cm³/mol. The number of anilines is 1. The minimum absolute atomic E-state index is 0.563. The molecule has 0 radical (unpaired) electrons. The summed E-state index contributed by atoms with van der Waals surface area (Å²) in [4.78, 5) is 2.77. The van der Waals surface area contributed by atoms with Crippen molar-refractivity contribution in [2.75, 3.05) is 25.6 Å². The first kappa shape index (κ1) is 15.9. The van der Waals surface area contributed by atoms with Gasteiger partial charge in [-0.05, 0) is 43.2 Å². The van der Waals surface area contributed by atoms with Gasteiger partial charge in [0.2, 0.25) is 0 Å². The van der Waals surface area contributed by atoms with Crippen molar-refractivity contribution in [3.8, 4) is 5.75 Å². The molecule has 0 saturated heterocycles. The molecule has 0 spiro atoms. The molecule has 0 aliphatic heterocycles. The minimum atomic E-state index is 0.563. The van der Waals surface area contributed by atoms with E-state index in [0.29, 0.717) is 13.2 Å². The Labute approximate surface area is 130 Å². The summed E-state index contributed by atoms with van der Waals surface area (Å²) < 4.78 is 10.8. The zero-order valence-electron chi connectivity index (χ0n) is 12.9. The van der Waals surface area contributed by atoms with Crippen LogP contribution in [0.2, 0.25) is 0 Å². The van der Waals surface area contributed by atoms with Gasteiger partial charge in [0.1, 0.15) is 12.4 Å². The van der Waals surface area contributed by atoms with Gasteiger partial charge in [-0.2, -0.15) is 0 Å². The van der Waals surface area contributed by atoms with Gasteiger partial charge in [-0.25, -0.2) is 0 Å². The molecule has 2 aromatic rings. The predicted octanol–water partition coefficient (Wildman–Crippen LogP) is 4.26. The number of benzene rings is 1. The molecule has 0 aliphatic carbocycles. The van der Waals surface area contributed by atoms with Gasteiger partial charge in [0.25, 0.3) is 0 Å². The molecule has 1 N–H and O–H groups in total.